The summed E-state index contributed by atoms with van der Waals surface area (Å²) < 4.78 is 9.16. The van der Waals surface area contributed by atoms with E-state index in [-0.39, 0.29) is 6.61 Å². The fraction of sp³-hybridized carbons (Fsp3) is 0.333. The zero-order chi connectivity index (χ0) is 13.6. The van der Waals surface area contributed by atoms with Gasteiger partial charge in [-0.3, -0.25) is 5.32 Å². The average Bonchev–Trinajstić information content (AvgIpc) is 2.36. The van der Waals surface area contributed by atoms with Gasteiger partial charge in [-0.1, -0.05) is 30.3 Å². The van der Waals surface area contributed by atoms with Crippen molar-refractivity contribution in [3.63, 3.8) is 0 Å². The van der Waals surface area contributed by atoms with Crippen LogP contribution in [0.1, 0.15) is 12.5 Å². The number of amides is 1. The SMILES string of the molecule is COC(=O)C(C)(O)NC(=O)OCc1ccccc1. The molecule has 0 spiro atoms. The largest absolute Gasteiger partial charge is 0.465 e. The lowest BCUT2D eigenvalue weighted by atomic mass is 10.2. The molecule has 0 radical (unpaired) electrons. The van der Waals surface area contributed by atoms with Gasteiger partial charge in [-0.2, -0.15) is 0 Å². The first-order chi connectivity index (χ1) is 8.45. The summed E-state index contributed by atoms with van der Waals surface area (Å²) in [6.07, 6.45) is -0.908. The van der Waals surface area contributed by atoms with E-state index >= 15 is 0 Å². The zero-order valence-corrected chi connectivity index (χ0v) is 10.2. The number of methoxy groups -OCH3 is 1. The lowest BCUT2D eigenvalue weighted by molar-refractivity contribution is -0.163. The summed E-state index contributed by atoms with van der Waals surface area (Å²) in [5.74, 6) is -0.973. The maximum Gasteiger partial charge on any atom is 0.410 e. The van der Waals surface area contributed by atoms with E-state index in [0.29, 0.717) is 0 Å². The van der Waals surface area contributed by atoms with Crippen LogP contribution in [-0.2, 0) is 20.9 Å². The molecule has 2 N–H and O–H groups in total. The Morgan fingerprint density at radius 1 is 1.33 bits per heavy atom. The second-order valence-corrected chi connectivity index (χ2v) is 3.75. The summed E-state index contributed by atoms with van der Waals surface area (Å²) in [5.41, 5.74) is -1.31. The van der Waals surface area contributed by atoms with E-state index in [9.17, 15) is 14.7 Å². The van der Waals surface area contributed by atoms with E-state index < -0.39 is 17.8 Å². The Kier molecular flexibility index (Phi) is 4.67. The van der Waals surface area contributed by atoms with Crippen LogP contribution in [0.5, 0.6) is 0 Å². The smallest absolute Gasteiger partial charge is 0.410 e. The summed E-state index contributed by atoms with van der Waals surface area (Å²) in [5, 5.41) is 11.6. The first-order valence-corrected chi connectivity index (χ1v) is 5.25. The molecule has 0 aromatic heterocycles. The third-order valence-electron chi connectivity index (χ3n) is 2.14. The molecule has 1 amide bonds. The number of aliphatic hydroxyl groups is 1. The van der Waals surface area contributed by atoms with Crippen molar-refractivity contribution in [2.24, 2.45) is 0 Å². The lowest BCUT2D eigenvalue weighted by Gasteiger charge is -2.20. The predicted octanol–water partition coefficient (Wildman–Crippen LogP) is 0.794. The number of rotatable bonds is 4. The van der Waals surface area contributed by atoms with E-state index in [1.807, 2.05) is 11.4 Å². The number of benzene rings is 1. The number of ether oxygens (including phenoxy) is 2. The van der Waals surface area contributed by atoms with Crippen molar-refractivity contribution >= 4 is 12.1 Å². The van der Waals surface area contributed by atoms with Crippen molar-refractivity contribution in [2.45, 2.75) is 19.3 Å². The molecule has 0 aliphatic rings. The number of esters is 1. The Bertz CT molecular complexity index is 416. The van der Waals surface area contributed by atoms with E-state index in [1.54, 1.807) is 24.3 Å². The summed E-state index contributed by atoms with van der Waals surface area (Å²) >= 11 is 0. The minimum absolute atomic E-state index is 0.0456. The van der Waals surface area contributed by atoms with Gasteiger partial charge in [-0.15, -0.1) is 0 Å². The van der Waals surface area contributed by atoms with E-state index in [4.69, 9.17) is 4.74 Å². The molecule has 0 fully saturated rings. The molecule has 6 nitrogen and oxygen atoms in total. The maximum atomic E-state index is 11.4. The number of nitrogens with one attached hydrogen (secondary N) is 1. The molecule has 1 rings (SSSR count). The molecule has 0 heterocycles. The van der Waals surface area contributed by atoms with E-state index in [1.165, 1.54) is 0 Å². The van der Waals surface area contributed by atoms with Crippen molar-refractivity contribution in [2.75, 3.05) is 7.11 Å². The Balaban J connectivity index is 2.45. The third-order valence-corrected chi connectivity index (χ3v) is 2.14. The van der Waals surface area contributed by atoms with Crippen LogP contribution in [0.3, 0.4) is 0 Å². The molecule has 6 heteroatoms. The zero-order valence-electron chi connectivity index (χ0n) is 10.2. The normalized spacial score (nSPS) is 13.3. The van der Waals surface area contributed by atoms with Gasteiger partial charge in [0.2, 0.25) is 5.72 Å². The number of hydrogen-bond donors (Lipinski definition) is 2. The highest BCUT2D eigenvalue weighted by atomic mass is 16.6. The predicted molar refractivity (Wildman–Crippen MR) is 62.4 cm³/mol. The average molecular weight is 253 g/mol. The van der Waals surface area contributed by atoms with Crippen molar-refractivity contribution in [1.29, 1.82) is 0 Å². The van der Waals surface area contributed by atoms with Crippen LogP contribution in [0, 0.1) is 0 Å². The van der Waals surface area contributed by atoms with Gasteiger partial charge < -0.3 is 14.6 Å². The Labute approximate surface area is 105 Å². The molecule has 1 aromatic rings. The Hall–Kier alpha value is -2.08. The molecule has 1 unspecified atom stereocenters. The molecule has 1 aromatic carbocycles. The van der Waals surface area contributed by atoms with Gasteiger partial charge in [0.1, 0.15) is 6.61 Å². The van der Waals surface area contributed by atoms with Crippen molar-refractivity contribution in [3.05, 3.63) is 35.9 Å². The van der Waals surface area contributed by atoms with Crippen molar-refractivity contribution in [1.82, 2.24) is 5.32 Å². The molecule has 0 saturated carbocycles. The standard InChI is InChI=1S/C12H15NO5/c1-12(16,10(14)17-2)13-11(15)18-8-9-6-4-3-5-7-9/h3-7,16H,8H2,1-2H3,(H,13,15). The first-order valence-electron chi connectivity index (χ1n) is 5.25. The van der Waals surface area contributed by atoms with Gasteiger partial charge in [0.15, 0.2) is 0 Å². The molecule has 0 aliphatic carbocycles. The third kappa shape index (κ3) is 4.06. The van der Waals surface area contributed by atoms with Crippen LogP contribution < -0.4 is 5.32 Å². The van der Waals surface area contributed by atoms with Crippen molar-refractivity contribution in [3.8, 4) is 0 Å². The Morgan fingerprint density at radius 3 is 2.50 bits per heavy atom. The number of alkyl carbamates (subject to hydrolysis) is 1. The second kappa shape index (κ2) is 6.02. The van der Waals surface area contributed by atoms with Gasteiger partial charge in [0.05, 0.1) is 7.11 Å². The summed E-state index contributed by atoms with van der Waals surface area (Å²) in [6, 6.07) is 9.02. The van der Waals surface area contributed by atoms with Crippen LogP contribution in [-0.4, -0.2) is 30.0 Å². The first kappa shape index (κ1) is 14.0. The molecule has 98 valence electrons. The van der Waals surface area contributed by atoms with Gasteiger partial charge in [-0.25, -0.2) is 9.59 Å². The highest BCUT2D eigenvalue weighted by Crippen LogP contribution is 2.04. The Morgan fingerprint density at radius 2 is 1.94 bits per heavy atom. The summed E-state index contributed by atoms with van der Waals surface area (Å²) in [7, 11) is 1.10. The van der Waals surface area contributed by atoms with Crippen LogP contribution in [0.4, 0.5) is 4.79 Å². The minimum atomic E-state index is -2.11. The number of hydrogen-bond acceptors (Lipinski definition) is 5. The molecule has 0 saturated heterocycles. The fourth-order valence-electron chi connectivity index (χ4n) is 1.21. The summed E-state index contributed by atoms with van der Waals surface area (Å²) in [6.45, 7) is 1.15. The monoisotopic (exact) mass is 253 g/mol. The second-order valence-electron chi connectivity index (χ2n) is 3.75. The van der Waals surface area contributed by atoms with Crippen LogP contribution in [0.25, 0.3) is 0 Å². The van der Waals surface area contributed by atoms with Crippen LogP contribution in [0.2, 0.25) is 0 Å². The maximum absolute atomic E-state index is 11.4. The van der Waals surface area contributed by atoms with Crippen molar-refractivity contribution < 1.29 is 24.2 Å². The molecular weight excluding hydrogens is 238 g/mol. The molecule has 1 atom stereocenters. The topological polar surface area (TPSA) is 84.9 Å². The fourth-order valence-corrected chi connectivity index (χ4v) is 1.21. The van der Waals surface area contributed by atoms with Gasteiger partial charge >= 0.3 is 12.1 Å². The number of carbonyl (C=O) groups is 2. The number of carbonyl (C=O) groups excluding carboxylic acids is 2. The molecular formula is C12H15NO5. The van der Waals surface area contributed by atoms with E-state index in [2.05, 4.69) is 4.74 Å². The van der Waals surface area contributed by atoms with E-state index in [0.717, 1.165) is 19.6 Å². The van der Waals surface area contributed by atoms with Gasteiger partial charge in [0, 0.05) is 0 Å². The van der Waals surface area contributed by atoms with Crippen LogP contribution in [0.15, 0.2) is 30.3 Å². The molecule has 0 bridgehead atoms. The summed E-state index contributed by atoms with van der Waals surface area (Å²) in [4.78, 5) is 22.5. The van der Waals surface area contributed by atoms with Gasteiger partial charge in [0.25, 0.3) is 0 Å². The minimum Gasteiger partial charge on any atom is -0.465 e. The quantitative estimate of drug-likeness (QED) is 0.612. The highest BCUT2D eigenvalue weighted by Gasteiger charge is 2.33. The molecule has 18 heavy (non-hydrogen) atoms. The highest BCUT2D eigenvalue weighted by molar-refractivity contribution is 5.83. The van der Waals surface area contributed by atoms with Gasteiger partial charge in [-0.05, 0) is 12.5 Å². The lowest BCUT2D eigenvalue weighted by Crippen LogP contribution is -2.52. The molecule has 0 aliphatic heterocycles. The van der Waals surface area contributed by atoms with Crippen LogP contribution >= 0.6 is 0 Å².